The van der Waals surface area contributed by atoms with Crippen LogP contribution in [0.4, 0.5) is 0 Å². The Morgan fingerprint density at radius 1 is 1.13 bits per heavy atom. The highest BCUT2D eigenvalue weighted by Crippen LogP contribution is 2.26. The third-order valence-electron chi connectivity index (χ3n) is 5.47. The van der Waals surface area contributed by atoms with Gasteiger partial charge in [0.1, 0.15) is 5.25 Å². The van der Waals surface area contributed by atoms with E-state index in [1.54, 1.807) is 11.8 Å². The Hall–Kier alpha value is -2.86. The lowest BCUT2D eigenvalue weighted by molar-refractivity contribution is -0.137. The lowest BCUT2D eigenvalue weighted by Crippen LogP contribution is -2.10. The Bertz CT molecular complexity index is 1090. The van der Waals surface area contributed by atoms with Crippen LogP contribution in [0.25, 0.3) is 16.8 Å². The molecule has 3 aromatic rings. The number of carbonyl (C=O) groups is 2. The van der Waals surface area contributed by atoms with Gasteiger partial charge in [0.25, 0.3) is 0 Å². The normalized spacial score (nSPS) is 15.8. The van der Waals surface area contributed by atoms with Crippen LogP contribution in [-0.4, -0.2) is 39.1 Å². The predicted molar refractivity (Wildman–Crippen MR) is 124 cm³/mol. The van der Waals surface area contributed by atoms with Crippen LogP contribution in [0.5, 0.6) is 0 Å². The first-order valence-corrected chi connectivity index (χ1v) is 11.6. The van der Waals surface area contributed by atoms with Crippen molar-refractivity contribution in [2.75, 3.05) is 12.4 Å². The van der Waals surface area contributed by atoms with Crippen LogP contribution in [0.15, 0.2) is 54.7 Å². The molecule has 0 N–H and O–H groups in total. The number of hydrogen-bond acceptors (Lipinski definition) is 5. The van der Waals surface area contributed by atoms with Gasteiger partial charge in [0.2, 0.25) is 0 Å². The zero-order chi connectivity index (χ0) is 21.8. The Kier molecular flexibility index (Phi) is 6.56. The average Bonchev–Trinajstić information content (AvgIpc) is 3.39. The molecule has 0 radical (unpaired) electrons. The quantitative estimate of drug-likeness (QED) is 0.278. The van der Waals surface area contributed by atoms with E-state index in [-0.39, 0.29) is 17.0 Å². The molecule has 0 bridgehead atoms. The lowest BCUT2D eigenvalue weighted by Gasteiger charge is -2.10. The summed E-state index contributed by atoms with van der Waals surface area (Å²) in [5, 5.41) is 4.47. The highest BCUT2D eigenvalue weighted by molar-refractivity contribution is 8.00. The van der Waals surface area contributed by atoms with Crippen LogP contribution in [0, 0.1) is 13.8 Å². The van der Waals surface area contributed by atoms with Gasteiger partial charge in [-0.15, -0.1) is 11.8 Å². The van der Waals surface area contributed by atoms with Crippen LogP contribution in [0.3, 0.4) is 0 Å². The van der Waals surface area contributed by atoms with E-state index >= 15 is 0 Å². The molecule has 5 nitrogen and oxygen atoms in total. The van der Waals surface area contributed by atoms with E-state index in [4.69, 9.17) is 4.74 Å². The van der Waals surface area contributed by atoms with Crippen molar-refractivity contribution in [1.29, 1.82) is 0 Å². The topological polar surface area (TPSA) is 61.2 Å². The van der Waals surface area contributed by atoms with Gasteiger partial charge in [-0.3, -0.25) is 9.59 Å². The number of cyclic esters (lactones) is 1. The minimum Gasteiger partial charge on any atom is -0.465 e. The van der Waals surface area contributed by atoms with Crippen LogP contribution in [0.2, 0.25) is 0 Å². The first kappa shape index (κ1) is 21.4. The largest absolute Gasteiger partial charge is 0.465 e. The molecule has 1 aliphatic heterocycles. The molecular formula is C25H26N2O3S. The molecule has 1 fully saturated rings. The maximum Gasteiger partial charge on any atom is 0.319 e. The maximum atomic E-state index is 12.5. The number of ether oxygens (including phenoxy) is 1. The fourth-order valence-electron chi connectivity index (χ4n) is 3.66. The summed E-state index contributed by atoms with van der Waals surface area (Å²) in [5.41, 5.74) is 6.07. The minimum absolute atomic E-state index is 0.0561. The molecule has 2 aromatic carbocycles. The zero-order valence-electron chi connectivity index (χ0n) is 17.8. The van der Waals surface area contributed by atoms with E-state index in [1.165, 1.54) is 0 Å². The van der Waals surface area contributed by atoms with Gasteiger partial charge in [0.05, 0.1) is 18.0 Å². The number of rotatable bonds is 8. The SMILES string of the molecule is Cc1ccn(-c2cc(-c3ccc(C(=O)CCCSC4CCOC4=O)cc3)ccc2C)n1. The summed E-state index contributed by atoms with van der Waals surface area (Å²) in [7, 11) is 0. The molecule has 4 rings (SSSR count). The second kappa shape index (κ2) is 9.52. The van der Waals surface area contributed by atoms with Crippen LogP contribution in [0.1, 0.15) is 40.9 Å². The standard InChI is InChI=1S/C25H26N2O3S/c1-17-5-6-21(16-22(17)27-13-11-18(2)26-27)19-7-9-20(10-8-19)23(28)4-3-15-31-24-12-14-30-25(24)29/h5-11,13,16,24H,3-4,12,14-15H2,1-2H3. The summed E-state index contributed by atoms with van der Waals surface area (Å²) in [6.45, 7) is 4.57. The molecule has 1 saturated heterocycles. The second-order valence-electron chi connectivity index (χ2n) is 7.82. The van der Waals surface area contributed by atoms with Crippen molar-refractivity contribution in [3.63, 3.8) is 0 Å². The van der Waals surface area contributed by atoms with Crippen molar-refractivity contribution in [3.8, 4) is 16.8 Å². The van der Waals surface area contributed by atoms with Gasteiger partial charge in [0.15, 0.2) is 5.78 Å². The van der Waals surface area contributed by atoms with Crippen molar-refractivity contribution in [1.82, 2.24) is 9.78 Å². The number of aromatic nitrogens is 2. The number of benzene rings is 2. The molecule has 31 heavy (non-hydrogen) atoms. The lowest BCUT2D eigenvalue weighted by atomic mass is 9.99. The molecule has 1 unspecified atom stereocenters. The molecule has 2 heterocycles. The van der Waals surface area contributed by atoms with Crippen molar-refractivity contribution in [2.24, 2.45) is 0 Å². The van der Waals surface area contributed by atoms with Crippen molar-refractivity contribution in [3.05, 3.63) is 71.5 Å². The summed E-state index contributed by atoms with van der Waals surface area (Å²) in [5.74, 6) is 0.814. The van der Waals surface area contributed by atoms with E-state index in [0.717, 1.165) is 52.2 Å². The molecule has 0 spiro atoms. The highest BCUT2D eigenvalue weighted by atomic mass is 32.2. The van der Waals surface area contributed by atoms with Gasteiger partial charge in [0, 0.05) is 24.6 Å². The van der Waals surface area contributed by atoms with E-state index in [2.05, 4.69) is 30.2 Å². The van der Waals surface area contributed by atoms with Crippen LogP contribution >= 0.6 is 11.8 Å². The van der Waals surface area contributed by atoms with E-state index in [1.807, 2.05) is 48.1 Å². The number of hydrogen-bond donors (Lipinski definition) is 0. The fraction of sp³-hybridized carbons (Fsp3) is 0.320. The van der Waals surface area contributed by atoms with Gasteiger partial charge in [-0.2, -0.15) is 5.10 Å². The molecule has 160 valence electrons. The van der Waals surface area contributed by atoms with Crippen molar-refractivity contribution >= 4 is 23.5 Å². The van der Waals surface area contributed by atoms with Gasteiger partial charge in [-0.1, -0.05) is 36.4 Å². The monoisotopic (exact) mass is 434 g/mol. The summed E-state index contributed by atoms with van der Waals surface area (Å²) in [4.78, 5) is 24.0. The summed E-state index contributed by atoms with van der Waals surface area (Å²) in [6.07, 6.45) is 4.00. The first-order chi connectivity index (χ1) is 15.0. The van der Waals surface area contributed by atoms with Crippen molar-refractivity contribution < 1.29 is 14.3 Å². The van der Waals surface area contributed by atoms with E-state index in [9.17, 15) is 9.59 Å². The van der Waals surface area contributed by atoms with E-state index in [0.29, 0.717) is 13.0 Å². The Morgan fingerprint density at radius 2 is 1.90 bits per heavy atom. The number of esters is 1. The summed E-state index contributed by atoms with van der Waals surface area (Å²) in [6, 6.07) is 16.1. The molecular weight excluding hydrogens is 408 g/mol. The van der Waals surface area contributed by atoms with Crippen LogP contribution in [-0.2, 0) is 9.53 Å². The average molecular weight is 435 g/mol. The number of nitrogens with zero attached hydrogens (tertiary/aromatic N) is 2. The van der Waals surface area contributed by atoms with Crippen LogP contribution < -0.4 is 0 Å². The summed E-state index contributed by atoms with van der Waals surface area (Å²) >= 11 is 1.60. The predicted octanol–water partition coefficient (Wildman–Crippen LogP) is 5.17. The van der Waals surface area contributed by atoms with Gasteiger partial charge in [-0.05, 0) is 54.8 Å². The molecule has 1 atom stereocenters. The smallest absolute Gasteiger partial charge is 0.319 e. The number of Topliss-reactive ketones (excluding diaryl/α,β-unsaturated/α-hetero) is 1. The zero-order valence-corrected chi connectivity index (χ0v) is 18.7. The first-order valence-electron chi connectivity index (χ1n) is 10.6. The van der Waals surface area contributed by atoms with Crippen molar-refractivity contribution in [2.45, 2.75) is 38.4 Å². The minimum atomic E-state index is -0.117. The Balaban J connectivity index is 1.37. The molecule has 6 heteroatoms. The highest BCUT2D eigenvalue weighted by Gasteiger charge is 2.26. The second-order valence-corrected chi connectivity index (χ2v) is 9.13. The molecule has 0 amide bonds. The number of aryl methyl sites for hydroxylation is 2. The fourth-order valence-corrected chi connectivity index (χ4v) is 4.73. The summed E-state index contributed by atoms with van der Waals surface area (Å²) < 4.78 is 6.87. The maximum absolute atomic E-state index is 12.5. The Morgan fingerprint density at radius 3 is 2.58 bits per heavy atom. The van der Waals surface area contributed by atoms with Gasteiger partial charge < -0.3 is 4.74 Å². The molecule has 1 aromatic heterocycles. The molecule has 0 saturated carbocycles. The molecule has 1 aliphatic rings. The third kappa shape index (κ3) is 5.07. The third-order valence-corrected chi connectivity index (χ3v) is 6.83. The number of carbonyl (C=O) groups excluding carboxylic acids is 2. The van der Waals surface area contributed by atoms with E-state index < -0.39 is 0 Å². The van der Waals surface area contributed by atoms with Gasteiger partial charge in [-0.25, -0.2) is 4.68 Å². The van der Waals surface area contributed by atoms with Gasteiger partial charge >= 0.3 is 5.97 Å². The number of ketones is 1. The number of thioether (sulfide) groups is 1. The molecule has 0 aliphatic carbocycles. The Labute approximate surface area is 186 Å².